The van der Waals surface area contributed by atoms with E-state index in [-0.39, 0.29) is 0 Å². The number of aliphatic hydroxyl groups is 1. The first-order chi connectivity index (χ1) is 7.31. The molecule has 0 amide bonds. The summed E-state index contributed by atoms with van der Waals surface area (Å²) >= 11 is 0. The zero-order chi connectivity index (χ0) is 10.7. The van der Waals surface area contributed by atoms with Gasteiger partial charge in [0, 0.05) is 18.6 Å². The predicted molar refractivity (Wildman–Crippen MR) is 52.7 cm³/mol. The van der Waals surface area contributed by atoms with Gasteiger partial charge in [-0.25, -0.2) is 4.89 Å². The Morgan fingerprint density at radius 3 is 3.00 bits per heavy atom. The molecule has 0 aliphatic carbocycles. The van der Waals surface area contributed by atoms with Gasteiger partial charge in [0.15, 0.2) is 6.29 Å². The molecule has 0 fully saturated rings. The van der Waals surface area contributed by atoms with E-state index in [1.807, 2.05) is 31.2 Å². The number of aliphatic hydroxyl groups excluding tert-OH is 1. The summed E-state index contributed by atoms with van der Waals surface area (Å²) in [6.07, 6.45) is -0.902. The van der Waals surface area contributed by atoms with Gasteiger partial charge >= 0.3 is 0 Å². The average molecular weight is 210 g/mol. The Bertz CT molecular complexity index is 326. The lowest BCUT2D eigenvalue weighted by atomic mass is 10.0. The third-order valence-electron chi connectivity index (χ3n) is 2.31. The summed E-state index contributed by atoms with van der Waals surface area (Å²) in [6.45, 7) is 2.43. The molecule has 4 heteroatoms. The number of benzene rings is 1. The Morgan fingerprint density at radius 1 is 1.40 bits per heavy atom. The number of hydrogen-bond donors (Lipinski definition) is 1. The zero-order valence-electron chi connectivity index (χ0n) is 8.55. The molecular formula is C11H14O4. The molecule has 0 bridgehead atoms. The molecule has 0 saturated carbocycles. The van der Waals surface area contributed by atoms with Gasteiger partial charge in [0.05, 0.1) is 0 Å². The molecule has 4 nitrogen and oxygen atoms in total. The van der Waals surface area contributed by atoms with Crippen molar-refractivity contribution in [3.05, 3.63) is 35.4 Å². The van der Waals surface area contributed by atoms with Crippen molar-refractivity contribution in [1.82, 2.24) is 0 Å². The fourth-order valence-electron chi connectivity index (χ4n) is 1.61. The van der Waals surface area contributed by atoms with Crippen molar-refractivity contribution in [2.75, 3.05) is 6.61 Å². The monoisotopic (exact) mass is 210 g/mol. The topological polar surface area (TPSA) is 47.9 Å². The summed E-state index contributed by atoms with van der Waals surface area (Å²) in [5.41, 5.74) is 1.72. The molecular weight excluding hydrogens is 196 g/mol. The molecule has 1 aromatic carbocycles. The van der Waals surface area contributed by atoms with Crippen LogP contribution in [0.3, 0.4) is 0 Å². The second kappa shape index (κ2) is 4.72. The van der Waals surface area contributed by atoms with Crippen molar-refractivity contribution in [3.63, 3.8) is 0 Å². The first kappa shape index (κ1) is 10.6. The number of fused-ring (bicyclic) bond motifs is 1. The molecule has 1 heterocycles. The van der Waals surface area contributed by atoms with E-state index in [0.29, 0.717) is 13.0 Å². The summed E-state index contributed by atoms with van der Waals surface area (Å²) < 4.78 is 5.31. The van der Waals surface area contributed by atoms with Crippen LogP contribution < -0.4 is 0 Å². The minimum atomic E-state index is -1.04. The largest absolute Gasteiger partial charge is 0.362 e. The molecule has 2 unspecified atom stereocenters. The maximum absolute atomic E-state index is 9.62. The second-order valence-electron chi connectivity index (χ2n) is 3.33. The number of hydrogen-bond acceptors (Lipinski definition) is 4. The van der Waals surface area contributed by atoms with Crippen LogP contribution in [0.5, 0.6) is 0 Å². The Morgan fingerprint density at radius 2 is 2.20 bits per heavy atom. The van der Waals surface area contributed by atoms with Crippen molar-refractivity contribution in [2.45, 2.75) is 25.9 Å². The van der Waals surface area contributed by atoms with Gasteiger partial charge in [-0.2, -0.15) is 4.89 Å². The van der Waals surface area contributed by atoms with E-state index >= 15 is 0 Å². The van der Waals surface area contributed by atoms with E-state index in [1.54, 1.807) is 0 Å². The van der Waals surface area contributed by atoms with Gasteiger partial charge in [0.2, 0.25) is 6.29 Å². The van der Waals surface area contributed by atoms with Gasteiger partial charge in [0.25, 0.3) is 0 Å². The third-order valence-corrected chi connectivity index (χ3v) is 2.31. The Balaban J connectivity index is 2.21. The highest BCUT2D eigenvalue weighted by molar-refractivity contribution is 5.28. The summed E-state index contributed by atoms with van der Waals surface area (Å²) in [6, 6.07) is 7.52. The van der Waals surface area contributed by atoms with E-state index in [1.165, 1.54) is 0 Å². The highest BCUT2D eigenvalue weighted by atomic mass is 17.2. The fraction of sp³-hybridized carbons (Fsp3) is 0.455. The molecule has 15 heavy (non-hydrogen) atoms. The van der Waals surface area contributed by atoms with Gasteiger partial charge in [0.1, 0.15) is 0 Å². The van der Waals surface area contributed by atoms with E-state index in [0.717, 1.165) is 11.1 Å². The summed E-state index contributed by atoms with van der Waals surface area (Å²) in [7, 11) is 0. The molecule has 1 aromatic rings. The Hall–Kier alpha value is -0.940. The lowest BCUT2D eigenvalue weighted by molar-refractivity contribution is -0.428. The van der Waals surface area contributed by atoms with Crippen molar-refractivity contribution in [2.24, 2.45) is 0 Å². The minimum Gasteiger partial charge on any atom is -0.362 e. The van der Waals surface area contributed by atoms with Crippen LogP contribution in [-0.2, 0) is 20.9 Å². The van der Waals surface area contributed by atoms with Crippen molar-refractivity contribution >= 4 is 0 Å². The highest BCUT2D eigenvalue weighted by Crippen LogP contribution is 2.25. The molecule has 0 radical (unpaired) electrons. The fourth-order valence-corrected chi connectivity index (χ4v) is 1.61. The molecule has 0 saturated heterocycles. The van der Waals surface area contributed by atoms with Crippen molar-refractivity contribution < 1.29 is 19.6 Å². The molecule has 0 aromatic heterocycles. The van der Waals surface area contributed by atoms with Crippen LogP contribution in [-0.4, -0.2) is 18.0 Å². The summed E-state index contributed by atoms with van der Waals surface area (Å²) in [4.78, 5) is 9.79. The Labute approximate surface area is 88.3 Å². The SMILES string of the molecule is CCOC1Cc2ccccc2C(O)OO1. The van der Waals surface area contributed by atoms with Crippen molar-refractivity contribution in [1.29, 1.82) is 0 Å². The minimum absolute atomic E-state index is 0.451. The van der Waals surface area contributed by atoms with Gasteiger partial charge in [-0.15, -0.1) is 0 Å². The van der Waals surface area contributed by atoms with Crippen molar-refractivity contribution in [3.8, 4) is 0 Å². The van der Waals surface area contributed by atoms with E-state index in [2.05, 4.69) is 0 Å². The van der Waals surface area contributed by atoms with Gasteiger partial charge in [-0.1, -0.05) is 24.3 Å². The molecule has 1 aliphatic rings. The molecule has 2 atom stereocenters. The first-order valence-corrected chi connectivity index (χ1v) is 5.01. The molecule has 0 spiro atoms. The standard InChI is InChI=1S/C11H14O4/c1-2-13-10-7-8-5-3-4-6-9(8)11(12)15-14-10/h3-6,10-12H,2,7H2,1H3. The highest BCUT2D eigenvalue weighted by Gasteiger charge is 2.23. The van der Waals surface area contributed by atoms with Crippen LogP contribution in [0.2, 0.25) is 0 Å². The van der Waals surface area contributed by atoms with Crippen LogP contribution in [0.15, 0.2) is 24.3 Å². The third kappa shape index (κ3) is 2.35. The summed E-state index contributed by atoms with van der Waals surface area (Å²) in [5.74, 6) is 0. The van der Waals surface area contributed by atoms with Crippen LogP contribution in [0.1, 0.15) is 24.3 Å². The van der Waals surface area contributed by atoms with Gasteiger partial charge < -0.3 is 9.84 Å². The maximum atomic E-state index is 9.62. The quantitative estimate of drug-likeness (QED) is 0.752. The zero-order valence-corrected chi connectivity index (χ0v) is 8.55. The Kier molecular flexibility index (Phi) is 3.33. The van der Waals surface area contributed by atoms with Gasteiger partial charge in [-0.3, -0.25) is 0 Å². The van der Waals surface area contributed by atoms with E-state index in [9.17, 15) is 5.11 Å². The van der Waals surface area contributed by atoms with Crippen LogP contribution in [0, 0.1) is 0 Å². The van der Waals surface area contributed by atoms with E-state index in [4.69, 9.17) is 14.5 Å². The molecule has 1 aliphatic heterocycles. The number of rotatable bonds is 2. The normalized spacial score (nSPS) is 25.7. The second-order valence-corrected chi connectivity index (χ2v) is 3.33. The average Bonchev–Trinajstić information content (AvgIpc) is 2.40. The first-order valence-electron chi connectivity index (χ1n) is 5.01. The molecule has 82 valence electrons. The summed E-state index contributed by atoms with van der Waals surface area (Å²) in [5, 5.41) is 9.62. The van der Waals surface area contributed by atoms with Gasteiger partial charge in [-0.05, 0) is 12.5 Å². The maximum Gasteiger partial charge on any atom is 0.215 e. The lowest BCUT2D eigenvalue weighted by Gasteiger charge is -2.13. The smallest absolute Gasteiger partial charge is 0.215 e. The van der Waals surface area contributed by atoms with Crippen LogP contribution >= 0.6 is 0 Å². The predicted octanol–water partition coefficient (Wildman–Crippen LogP) is 1.54. The van der Waals surface area contributed by atoms with E-state index < -0.39 is 12.6 Å². The molecule has 1 N–H and O–H groups in total. The lowest BCUT2D eigenvalue weighted by Crippen LogP contribution is -2.18. The van der Waals surface area contributed by atoms with Crippen LogP contribution in [0.4, 0.5) is 0 Å². The molecule has 2 rings (SSSR count). The number of ether oxygens (including phenoxy) is 1. The van der Waals surface area contributed by atoms with Crippen LogP contribution in [0.25, 0.3) is 0 Å².